The SMILES string of the molecule is O=C(O)C1(C2(O)CCS(=O)(=O)C2)CCNCC1. The third-order valence-electron chi connectivity index (χ3n) is 4.04. The van der Waals surface area contributed by atoms with E-state index in [-0.39, 0.29) is 25.0 Å². The molecule has 0 aliphatic carbocycles. The zero-order valence-corrected chi connectivity index (χ0v) is 10.3. The van der Waals surface area contributed by atoms with Crippen molar-refractivity contribution in [2.45, 2.75) is 24.9 Å². The second-order valence-corrected chi connectivity index (χ2v) is 7.19. The Morgan fingerprint density at radius 2 is 1.76 bits per heavy atom. The fourth-order valence-corrected chi connectivity index (χ4v) is 4.88. The van der Waals surface area contributed by atoms with Gasteiger partial charge in [0, 0.05) is 0 Å². The number of carboxylic acid groups (broad SMARTS) is 1. The van der Waals surface area contributed by atoms with Gasteiger partial charge in [-0.2, -0.15) is 0 Å². The van der Waals surface area contributed by atoms with E-state index in [0.29, 0.717) is 13.1 Å². The van der Waals surface area contributed by atoms with Gasteiger partial charge in [0.25, 0.3) is 0 Å². The normalized spacial score (nSPS) is 35.6. The van der Waals surface area contributed by atoms with Gasteiger partial charge in [-0.05, 0) is 32.4 Å². The van der Waals surface area contributed by atoms with Crippen LogP contribution in [-0.2, 0) is 14.6 Å². The Morgan fingerprint density at radius 1 is 1.18 bits per heavy atom. The standard InChI is InChI=1S/C10H17NO5S/c12-8(13)9(1-4-11-5-2-9)10(14)3-6-17(15,16)7-10/h11,14H,1-7H2,(H,12,13). The molecule has 0 radical (unpaired) electrons. The van der Waals surface area contributed by atoms with Crippen LogP contribution < -0.4 is 5.32 Å². The number of aliphatic carboxylic acids is 1. The number of nitrogens with one attached hydrogen (secondary N) is 1. The molecule has 2 aliphatic heterocycles. The van der Waals surface area contributed by atoms with Gasteiger partial charge in [-0.1, -0.05) is 0 Å². The largest absolute Gasteiger partial charge is 0.481 e. The summed E-state index contributed by atoms with van der Waals surface area (Å²) in [6.07, 6.45) is 0.574. The van der Waals surface area contributed by atoms with E-state index < -0.39 is 32.6 Å². The highest BCUT2D eigenvalue weighted by Gasteiger charge is 2.60. The topological polar surface area (TPSA) is 104 Å². The first-order chi connectivity index (χ1) is 7.81. The molecule has 0 bridgehead atoms. The molecule has 0 aromatic rings. The molecule has 2 fully saturated rings. The maximum Gasteiger partial charge on any atom is 0.312 e. The van der Waals surface area contributed by atoms with Gasteiger partial charge in [0.2, 0.25) is 0 Å². The lowest BCUT2D eigenvalue weighted by atomic mass is 9.65. The van der Waals surface area contributed by atoms with Gasteiger partial charge in [0.05, 0.1) is 22.5 Å². The summed E-state index contributed by atoms with van der Waals surface area (Å²) in [7, 11) is -3.31. The number of carbonyl (C=O) groups is 1. The van der Waals surface area contributed by atoms with Gasteiger partial charge >= 0.3 is 5.97 Å². The molecule has 1 atom stereocenters. The smallest absolute Gasteiger partial charge is 0.312 e. The highest BCUT2D eigenvalue weighted by Crippen LogP contribution is 2.46. The Kier molecular flexibility index (Phi) is 2.95. The van der Waals surface area contributed by atoms with E-state index in [4.69, 9.17) is 0 Å². The summed E-state index contributed by atoms with van der Waals surface area (Å²) < 4.78 is 23.0. The molecule has 2 rings (SSSR count). The van der Waals surface area contributed by atoms with E-state index in [0.717, 1.165) is 0 Å². The summed E-state index contributed by atoms with van der Waals surface area (Å²) in [4.78, 5) is 11.5. The summed E-state index contributed by atoms with van der Waals surface area (Å²) in [5, 5.41) is 22.9. The molecule has 0 amide bonds. The minimum absolute atomic E-state index is 0.0294. The molecular weight excluding hydrogens is 246 g/mol. The molecule has 0 saturated carbocycles. The Morgan fingerprint density at radius 3 is 2.18 bits per heavy atom. The van der Waals surface area contributed by atoms with Crippen LogP contribution in [0.25, 0.3) is 0 Å². The van der Waals surface area contributed by atoms with Crippen LogP contribution in [0, 0.1) is 5.41 Å². The van der Waals surface area contributed by atoms with Crippen molar-refractivity contribution in [1.29, 1.82) is 0 Å². The molecule has 7 heteroatoms. The van der Waals surface area contributed by atoms with E-state index in [1.165, 1.54) is 0 Å². The van der Waals surface area contributed by atoms with Crippen molar-refractivity contribution in [1.82, 2.24) is 5.32 Å². The van der Waals surface area contributed by atoms with Gasteiger partial charge < -0.3 is 15.5 Å². The van der Waals surface area contributed by atoms with Crippen molar-refractivity contribution >= 4 is 15.8 Å². The summed E-state index contributed by atoms with van der Waals surface area (Å²) in [5.74, 6) is -1.63. The molecule has 3 N–H and O–H groups in total. The van der Waals surface area contributed by atoms with Crippen molar-refractivity contribution in [3.05, 3.63) is 0 Å². The second-order valence-electron chi connectivity index (χ2n) is 5.01. The van der Waals surface area contributed by atoms with Crippen LogP contribution in [0.2, 0.25) is 0 Å². The van der Waals surface area contributed by atoms with Crippen LogP contribution in [0.15, 0.2) is 0 Å². The predicted octanol–water partition coefficient (Wildman–Crippen LogP) is -1.01. The van der Waals surface area contributed by atoms with Crippen molar-refractivity contribution in [3.8, 4) is 0 Å². The lowest BCUT2D eigenvalue weighted by Gasteiger charge is -2.43. The van der Waals surface area contributed by atoms with Crippen LogP contribution >= 0.6 is 0 Å². The first-order valence-corrected chi connectivity index (χ1v) is 7.50. The van der Waals surface area contributed by atoms with E-state index in [1.54, 1.807) is 0 Å². The molecule has 0 spiro atoms. The number of piperidine rings is 1. The lowest BCUT2D eigenvalue weighted by Crippen LogP contribution is -2.58. The lowest BCUT2D eigenvalue weighted by molar-refractivity contribution is -0.170. The third kappa shape index (κ3) is 1.96. The molecule has 98 valence electrons. The van der Waals surface area contributed by atoms with Crippen LogP contribution in [0.4, 0.5) is 0 Å². The van der Waals surface area contributed by atoms with Crippen molar-refractivity contribution in [3.63, 3.8) is 0 Å². The van der Waals surface area contributed by atoms with Crippen LogP contribution in [-0.4, -0.2) is 54.8 Å². The van der Waals surface area contributed by atoms with Gasteiger partial charge in [-0.15, -0.1) is 0 Å². The fraction of sp³-hybridized carbons (Fsp3) is 0.900. The fourth-order valence-electron chi connectivity index (χ4n) is 2.94. The summed E-state index contributed by atoms with van der Waals surface area (Å²) in [6, 6.07) is 0. The number of rotatable bonds is 2. The summed E-state index contributed by atoms with van der Waals surface area (Å²) in [6.45, 7) is 0.989. The molecule has 6 nitrogen and oxygen atoms in total. The molecule has 0 aromatic carbocycles. The number of aliphatic hydroxyl groups is 1. The summed E-state index contributed by atoms with van der Waals surface area (Å²) >= 11 is 0. The molecular formula is C10H17NO5S. The van der Waals surface area contributed by atoms with Gasteiger partial charge in [0.1, 0.15) is 0 Å². The quantitative estimate of drug-likeness (QED) is 0.590. The van der Waals surface area contributed by atoms with Crippen molar-refractivity contribution in [2.24, 2.45) is 5.41 Å². The Balaban J connectivity index is 2.37. The highest BCUT2D eigenvalue weighted by atomic mass is 32.2. The first-order valence-electron chi connectivity index (χ1n) is 5.68. The van der Waals surface area contributed by atoms with Crippen molar-refractivity contribution < 1.29 is 23.4 Å². The second kappa shape index (κ2) is 3.93. The maximum absolute atomic E-state index is 11.5. The molecule has 2 aliphatic rings. The minimum Gasteiger partial charge on any atom is -0.481 e. The van der Waals surface area contributed by atoms with E-state index in [9.17, 15) is 23.4 Å². The Hall–Kier alpha value is -0.660. The molecule has 2 heterocycles. The van der Waals surface area contributed by atoms with Gasteiger partial charge in [-0.25, -0.2) is 8.42 Å². The van der Waals surface area contributed by atoms with Crippen LogP contribution in [0.5, 0.6) is 0 Å². The number of sulfone groups is 1. The number of hydrogen-bond donors (Lipinski definition) is 3. The van der Waals surface area contributed by atoms with Gasteiger partial charge in [0.15, 0.2) is 9.84 Å². The monoisotopic (exact) mass is 263 g/mol. The zero-order valence-electron chi connectivity index (χ0n) is 9.48. The average molecular weight is 263 g/mol. The highest BCUT2D eigenvalue weighted by molar-refractivity contribution is 7.91. The average Bonchev–Trinajstić information content (AvgIpc) is 2.55. The van der Waals surface area contributed by atoms with Crippen molar-refractivity contribution in [2.75, 3.05) is 24.6 Å². The van der Waals surface area contributed by atoms with Crippen LogP contribution in [0.1, 0.15) is 19.3 Å². The van der Waals surface area contributed by atoms with Crippen LogP contribution in [0.3, 0.4) is 0 Å². The minimum atomic E-state index is -3.31. The van der Waals surface area contributed by atoms with E-state index in [1.807, 2.05) is 0 Å². The number of hydrogen-bond acceptors (Lipinski definition) is 5. The third-order valence-corrected chi connectivity index (χ3v) is 5.79. The maximum atomic E-state index is 11.5. The molecule has 0 aromatic heterocycles. The van der Waals surface area contributed by atoms with Gasteiger partial charge in [-0.3, -0.25) is 4.79 Å². The molecule has 1 unspecified atom stereocenters. The Labute approximate surface area is 99.9 Å². The Bertz CT molecular complexity index is 426. The number of carboxylic acids is 1. The predicted molar refractivity (Wildman–Crippen MR) is 60.4 cm³/mol. The zero-order chi connectivity index (χ0) is 12.7. The summed E-state index contributed by atoms with van der Waals surface area (Å²) in [5.41, 5.74) is -2.93. The van der Waals surface area contributed by atoms with E-state index in [2.05, 4.69) is 5.32 Å². The van der Waals surface area contributed by atoms with E-state index >= 15 is 0 Å². The molecule has 17 heavy (non-hydrogen) atoms. The molecule has 2 saturated heterocycles. The first kappa shape index (κ1) is 12.8.